The number of aromatic nitrogens is 1. The normalized spacial score (nSPS) is 12.9. The summed E-state index contributed by atoms with van der Waals surface area (Å²) in [6.45, 7) is 0. The summed E-state index contributed by atoms with van der Waals surface area (Å²) in [5, 5.41) is -1.04. The molecule has 0 fully saturated rings. The molecule has 1 rings (SSSR count). The molecule has 15 heavy (non-hydrogen) atoms. The maximum absolute atomic E-state index is 12.6. The fourth-order valence-electron chi connectivity index (χ4n) is 0.770. The molecule has 0 aliphatic heterocycles. The van der Waals surface area contributed by atoms with Crippen LogP contribution in [-0.2, 0) is 15.2 Å². The summed E-state index contributed by atoms with van der Waals surface area (Å²) in [7, 11) is 0.345. The van der Waals surface area contributed by atoms with E-state index in [0.29, 0.717) is 0 Å². The Balaban J connectivity index is 3.43. The van der Waals surface area contributed by atoms with Crippen molar-refractivity contribution >= 4 is 19.7 Å². The minimum absolute atomic E-state index is 0.0394. The molecule has 0 N–H and O–H groups in total. The van der Waals surface area contributed by atoms with Gasteiger partial charge in [0, 0.05) is 10.7 Å². The first-order valence-corrected chi connectivity index (χ1v) is 5.60. The lowest BCUT2D eigenvalue weighted by molar-refractivity contribution is -0.140. The van der Waals surface area contributed by atoms with Crippen LogP contribution in [0.15, 0.2) is 17.3 Å². The third kappa shape index (κ3) is 2.78. The van der Waals surface area contributed by atoms with Crippen molar-refractivity contribution in [2.24, 2.45) is 0 Å². The first kappa shape index (κ1) is 12.2. The average Bonchev–Trinajstić information content (AvgIpc) is 2.00. The van der Waals surface area contributed by atoms with Crippen molar-refractivity contribution in [1.29, 1.82) is 0 Å². The quantitative estimate of drug-likeness (QED) is 0.576. The van der Waals surface area contributed by atoms with Crippen molar-refractivity contribution in [3.05, 3.63) is 23.6 Å². The van der Waals surface area contributed by atoms with Crippen LogP contribution in [0.3, 0.4) is 0 Å². The Morgan fingerprint density at radius 3 is 2.27 bits per heavy atom. The highest BCUT2D eigenvalue weighted by atomic mass is 35.7. The summed E-state index contributed by atoms with van der Waals surface area (Å²) in [6, 6.07) is 0.0394. The summed E-state index contributed by atoms with van der Waals surface area (Å²) in [5.41, 5.74) is -1.73. The molecule has 84 valence electrons. The van der Waals surface area contributed by atoms with E-state index in [1.165, 1.54) is 0 Å². The number of pyridine rings is 1. The largest absolute Gasteiger partial charge is 0.419 e. The van der Waals surface area contributed by atoms with Crippen LogP contribution in [0, 0.1) is 5.82 Å². The van der Waals surface area contributed by atoms with E-state index in [1.54, 1.807) is 0 Å². The van der Waals surface area contributed by atoms with Gasteiger partial charge >= 0.3 is 6.18 Å². The van der Waals surface area contributed by atoms with Crippen molar-refractivity contribution in [2.45, 2.75) is 11.2 Å². The molecule has 0 atom stereocenters. The molecule has 0 aliphatic carbocycles. The van der Waals surface area contributed by atoms with E-state index in [2.05, 4.69) is 4.98 Å². The Hall–Kier alpha value is -0.890. The van der Waals surface area contributed by atoms with Crippen molar-refractivity contribution in [3.63, 3.8) is 0 Å². The number of nitrogens with zero attached hydrogens (tertiary/aromatic N) is 1. The van der Waals surface area contributed by atoms with Crippen LogP contribution in [0.5, 0.6) is 0 Å². The molecular weight excluding hydrogens is 262 g/mol. The molecule has 0 amide bonds. The molecule has 1 aromatic rings. The predicted octanol–water partition coefficient (Wildman–Crippen LogP) is 2.17. The molecular formula is C6H2ClF4NO2S. The van der Waals surface area contributed by atoms with Crippen LogP contribution in [0.2, 0.25) is 0 Å². The summed E-state index contributed by atoms with van der Waals surface area (Å²) in [6.07, 6.45) is -4.85. The molecule has 1 heterocycles. The molecule has 0 saturated heterocycles. The zero-order chi connectivity index (χ0) is 11.9. The number of alkyl halides is 3. The van der Waals surface area contributed by atoms with E-state index in [4.69, 9.17) is 10.7 Å². The zero-order valence-electron chi connectivity index (χ0n) is 6.72. The summed E-state index contributed by atoms with van der Waals surface area (Å²) < 4.78 is 70.2. The Kier molecular flexibility index (Phi) is 2.92. The standard InChI is InChI=1S/C6H2ClF4NO2S/c7-15(13,14)5-1-3(6(9,10)11)4(8)2-12-5/h1-2H. The van der Waals surface area contributed by atoms with Crippen LogP contribution in [0.4, 0.5) is 17.6 Å². The highest BCUT2D eigenvalue weighted by Gasteiger charge is 2.35. The molecule has 0 saturated carbocycles. The predicted molar refractivity (Wildman–Crippen MR) is 42.2 cm³/mol. The fraction of sp³-hybridized carbons (Fsp3) is 0.167. The topological polar surface area (TPSA) is 47.0 Å². The Morgan fingerprint density at radius 1 is 1.33 bits per heavy atom. The Morgan fingerprint density at radius 2 is 1.87 bits per heavy atom. The maximum atomic E-state index is 12.6. The van der Waals surface area contributed by atoms with Crippen molar-refractivity contribution in [3.8, 4) is 0 Å². The van der Waals surface area contributed by atoms with Crippen molar-refractivity contribution in [1.82, 2.24) is 4.98 Å². The molecule has 0 unspecified atom stereocenters. The maximum Gasteiger partial charge on any atom is 0.419 e. The van der Waals surface area contributed by atoms with Gasteiger partial charge in [-0.1, -0.05) is 0 Å². The first-order chi connectivity index (χ1) is 6.62. The molecule has 9 heteroatoms. The number of rotatable bonds is 1. The summed E-state index contributed by atoms with van der Waals surface area (Å²) >= 11 is 0. The van der Waals surface area contributed by atoms with Crippen LogP contribution in [0.1, 0.15) is 5.56 Å². The van der Waals surface area contributed by atoms with E-state index < -0.39 is 31.6 Å². The number of hydrogen-bond acceptors (Lipinski definition) is 3. The van der Waals surface area contributed by atoms with E-state index in [1.807, 2.05) is 0 Å². The van der Waals surface area contributed by atoms with E-state index in [0.717, 1.165) is 0 Å². The van der Waals surface area contributed by atoms with Gasteiger partial charge in [0.2, 0.25) is 0 Å². The van der Waals surface area contributed by atoms with Crippen LogP contribution < -0.4 is 0 Å². The van der Waals surface area contributed by atoms with E-state index in [9.17, 15) is 26.0 Å². The number of halogens is 5. The van der Waals surface area contributed by atoms with Gasteiger partial charge in [-0.05, 0) is 6.07 Å². The van der Waals surface area contributed by atoms with Crippen molar-refractivity contribution in [2.75, 3.05) is 0 Å². The monoisotopic (exact) mass is 263 g/mol. The van der Waals surface area contributed by atoms with Crippen LogP contribution in [0.25, 0.3) is 0 Å². The van der Waals surface area contributed by atoms with Crippen molar-refractivity contribution < 1.29 is 26.0 Å². The van der Waals surface area contributed by atoms with Gasteiger partial charge in [-0.15, -0.1) is 0 Å². The molecule has 0 aromatic carbocycles. The van der Waals surface area contributed by atoms with Gasteiger partial charge in [0.15, 0.2) is 10.8 Å². The molecule has 0 aliphatic rings. The minimum atomic E-state index is -5.00. The smallest absolute Gasteiger partial charge is 0.240 e. The molecule has 0 spiro atoms. The van der Waals surface area contributed by atoms with Gasteiger partial charge in [0.1, 0.15) is 0 Å². The molecule has 3 nitrogen and oxygen atoms in total. The third-order valence-electron chi connectivity index (χ3n) is 1.39. The molecule has 1 aromatic heterocycles. The van der Waals surface area contributed by atoms with Gasteiger partial charge in [-0.25, -0.2) is 17.8 Å². The summed E-state index contributed by atoms with van der Waals surface area (Å²) in [4.78, 5) is 2.93. The lowest BCUT2D eigenvalue weighted by Gasteiger charge is -2.07. The highest BCUT2D eigenvalue weighted by molar-refractivity contribution is 8.13. The number of hydrogen-bond donors (Lipinski definition) is 0. The first-order valence-electron chi connectivity index (χ1n) is 3.30. The van der Waals surface area contributed by atoms with Crippen LogP contribution >= 0.6 is 10.7 Å². The van der Waals surface area contributed by atoms with Gasteiger partial charge in [-0.2, -0.15) is 13.2 Å². The van der Waals surface area contributed by atoms with Gasteiger partial charge in [0.25, 0.3) is 9.05 Å². The zero-order valence-corrected chi connectivity index (χ0v) is 8.29. The fourth-order valence-corrected chi connectivity index (χ4v) is 1.46. The van der Waals surface area contributed by atoms with Crippen LogP contribution in [-0.4, -0.2) is 13.4 Å². The second-order valence-corrected chi connectivity index (χ2v) is 4.95. The van der Waals surface area contributed by atoms with Gasteiger partial charge in [0.05, 0.1) is 11.8 Å². The average molecular weight is 264 g/mol. The van der Waals surface area contributed by atoms with Gasteiger partial charge < -0.3 is 0 Å². The lowest BCUT2D eigenvalue weighted by Crippen LogP contribution is -2.10. The second kappa shape index (κ2) is 3.60. The molecule has 0 bridgehead atoms. The van der Waals surface area contributed by atoms with E-state index in [-0.39, 0.29) is 12.3 Å². The van der Waals surface area contributed by atoms with Gasteiger partial charge in [-0.3, -0.25) is 0 Å². The third-order valence-corrected chi connectivity index (χ3v) is 2.58. The lowest BCUT2D eigenvalue weighted by atomic mass is 10.2. The highest BCUT2D eigenvalue weighted by Crippen LogP contribution is 2.32. The Labute approximate surface area is 86.1 Å². The SMILES string of the molecule is O=S(=O)(Cl)c1cc(C(F)(F)F)c(F)cn1. The minimum Gasteiger partial charge on any atom is -0.240 e. The molecule has 0 radical (unpaired) electrons. The summed E-state index contributed by atoms with van der Waals surface area (Å²) in [5.74, 6) is -1.66. The Bertz CT molecular complexity index is 484. The van der Waals surface area contributed by atoms with E-state index >= 15 is 0 Å². The second-order valence-electron chi connectivity index (χ2n) is 2.44.